The number of thiophene rings is 1. The second-order valence-corrected chi connectivity index (χ2v) is 10.3. The number of piperidine rings is 1. The topological polar surface area (TPSA) is 59.1 Å². The lowest BCUT2D eigenvalue weighted by Crippen LogP contribution is -2.52. The molecule has 1 aromatic carbocycles. The van der Waals surface area contributed by atoms with Gasteiger partial charge in [-0.1, -0.05) is 38.1 Å². The second-order valence-electron chi connectivity index (χ2n) is 9.31. The Hall–Kier alpha value is -2.22. The Labute approximate surface area is 193 Å². The van der Waals surface area contributed by atoms with Gasteiger partial charge in [0.15, 0.2) is 5.79 Å². The molecule has 1 aromatic heterocycles. The van der Waals surface area contributed by atoms with Crippen LogP contribution in [0.5, 0.6) is 0 Å². The van der Waals surface area contributed by atoms with Gasteiger partial charge < -0.3 is 19.3 Å². The summed E-state index contributed by atoms with van der Waals surface area (Å²) in [7, 11) is 0. The van der Waals surface area contributed by atoms with Crippen molar-refractivity contribution in [3.8, 4) is 0 Å². The number of carbonyl (C=O) groups is 2. The summed E-state index contributed by atoms with van der Waals surface area (Å²) in [4.78, 5) is 32.5. The number of rotatable bonds is 4. The fourth-order valence-corrected chi connectivity index (χ4v) is 6.15. The number of nitrogens with zero attached hydrogens (tertiary/aromatic N) is 2. The van der Waals surface area contributed by atoms with Gasteiger partial charge >= 0.3 is 0 Å². The third-order valence-corrected chi connectivity index (χ3v) is 7.69. The summed E-state index contributed by atoms with van der Waals surface area (Å²) in [6.07, 6.45) is 1.37. The number of ether oxygens (including phenoxy) is 2. The molecule has 0 unspecified atom stereocenters. The fraction of sp³-hybridized carbons (Fsp3) is 0.520. The molecular weight excluding hydrogens is 424 g/mol. The molecule has 4 heterocycles. The zero-order valence-electron chi connectivity index (χ0n) is 18.7. The number of likely N-dealkylation sites (tertiary alicyclic amines) is 1. The minimum Gasteiger partial charge on any atom is -0.347 e. The lowest BCUT2D eigenvalue weighted by molar-refractivity contribution is -0.188. The Kier molecular flexibility index (Phi) is 5.82. The van der Waals surface area contributed by atoms with E-state index in [9.17, 15) is 9.59 Å². The van der Waals surface area contributed by atoms with E-state index in [4.69, 9.17) is 9.47 Å². The first-order valence-electron chi connectivity index (χ1n) is 11.5. The maximum absolute atomic E-state index is 14.1. The molecule has 2 atom stereocenters. The molecule has 7 heteroatoms. The van der Waals surface area contributed by atoms with Crippen molar-refractivity contribution in [1.82, 2.24) is 9.80 Å². The van der Waals surface area contributed by atoms with Gasteiger partial charge in [-0.3, -0.25) is 9.59 Å². The summed E-state index contributed by atoms with van der Waals surface area (Å²) >= 11 is 1.62. The molecule has 170 valence electrons. The van der Waals surface area contributed by atoms with Gasteiger partial charge in [-0.25, -0.2) is 0 Å². The number of benzene rings is 1. The molecule has 2 fully saturated rings. The molecule has 32 heavy (non-hydrogen) atoms. The largest absolute Gasteiger partial charge is 0.347 e. The van der Waals surface area contributed by atoms with E-state index in [1.165, 1.54) is 0 Å². The SMILES string of the molecule is CC(C)CN1C(=O)c2ccccc2[C@@H](C(=O)N2CCC3(CC2)OCCO3)[C@H]1c1cccs1. The van der Waals surface area contributed by atoms with Crippen LogP contribution in [0.25, 0.3) is 0 Å². The van der Waals surface area contributed by atoms with Gasteiger partial charge in [0.2, 0.25) is 5.91 Å². The highest BCUT2D eigenvalue weighted by Gasteiger charge is 2.48. The minimum absolute atomic E-state index is 0.0158. The maximum atomic E-state index is 14.1. The van der Waals surface area contributed by atoms with Gasteiger partial charge in [0.25, 0.3) is 5.91 Å². The molecule has 2 amide bonds. The van der Waals surface area contributed by atoms with Gasteiger partial charge in [-0.05, 0) is 29.0 Å². The first kappa shape index (κ1) is 21.6. The molecule has 3 aliphatic rings. The molecule has 3 aliphatic heterocycles. The van der Waals surface area contributed by atoms with E-state index in [1.54, 1.807) is 11.3 Å². The van der Waals surface area contributed by atoms with Crippen LogP contribution in [0, 0.1) is 5.92 Å². The van der Waals surface area contributed by atoms with Gasteiger partial charge in [0.1, 0.15) is 0 Å². The average Bonchev–Trinajstić information content (AvgIpc) is 3.48. The van der Waals surface area contributed by atoms with Crippen LogP contribution in [0.1, 0.15) is 59.4 Å². The predicted octanol–water partition coefficient (Wildman–Crippen LogP) is 4.05. The fourth-order valence-electron chi connectivity index (χ4n) is 5.28. The zero-order valence-corrected chi connectivity index (χ0v) is 19.5. The smallest absolute Gasteiger partial charge is 0.254 e. The zero-order chi connectivity index (χ0) is 22.3. The van der Waals surface area contributed by atoms with E-state index in [2.05, 4.69) is 19.9 Å². The highest BCUT2D eigenvalue weighted by molar-refractivity contribution is 7.10. The van der Waals surface area contributed by atoms with Gasteiger partial charge in [0, 0.05) is 42.9 Å². The van der Waals surface area contributed by atoms with Crippen molar-refractivity contribution < 1.29 is 19.1 Å². The van der Waals surface area contributed by atoms with E-state index in [1.807, 2.05) is 45.5 Å². The Morgan fingerprint density at radius 2 is 1.84 bits per heavy atom. The molecule has 0 aliphatic carbocycles. The Balaban J connectivity index is 1.52. The number of hydrogen-bond acceptors (Lipinski definition) is 5. The van der Waals surface area contributed by atoms with E-state index in [0.717, 1.165) is 10.4 Å². The molecule has 5 rings (SSSR count). The van der Waals surface area contributed by atoms with Gasteiger partial charge in [0.05, 0.1) is 25.2 Å². The maximum Gasteiger partial charge on any atom is 0.254 e. The monoisotopic (exact) mass is 454 g/mol. The lowest BCUT2D eigenvalue weighted by atomic mass is 9.80. The first-order valence-corrected chi connectivity index (χ1v) is 12.4. The van der Waals surface area contributed by atoms with Crippen molar-refractivity contribution in [2.75, 3.05) is 32.8 Å². The Bertz CT molecular complexity index is 974. The Morgan fingerprint density at radius 3 is 2.50 bits per heavy atom. The number of amides is 2. The van der Waals surface area contributed by atoms with Crippen molar-refractivity contribution >= 4 is 23.2 Å². The van der Waals surface area contributed by atoms with Crippen LogP contribution in [0.3, 0.4) is 0 Å². The molecule has 0 bridgehead atoms. The van der Waals surface area contributed by atoms with Crippen LogP contribution in [0.2, 0.25) is 0 Å². The number of hydrogen-bond donors (Lipinski definition) is 0. The van der Waals surface area contributed by atoms with Gasteiger partial charge in [-0.15, -0.1) is 11.3 Å². The van der Waals surface area contributed by atoms with Crippen molar-refractivity contribution in [1.29, 1.82) is 0 Å². The first-order chi connectivity index (χ1) is 15.5. The molecule has 2 saturated heterocycles. The minimum atomic E-state index is -0.520. The molecular formula is C25H30N2O4S. The average molecular weight is 455 g/mol. The summed E-state index contributed by atoms with van der Waals surface area (Å²) < 4.78 is 11.7. The van der Waals surface area contributed by atoms with Crippen LogP contribution >= 0.6 is 11.3 Å². The molecule has 6 nitrogen and oxygen atoms in total. The third kappa shape index (κ3) is 3.76. The summed E-state index contributed by atoms with van der Waals surface area (Å²) in [5, 5.41) is 2.02. The normalized spacial score (nSPS) is 24.9. The molecule has 1 spiro atoms. The van der Waals surface area contributed by atoms with Crippen molar-refractivity contribution in [2.45, 2.75) is 44.4 Å². The molecule has 0 radical (unpaired) electrons. The molecule has 0 saturated carbocycles. The predicted molar refractivity (Wildman–Crippen MR) is 123 cm³/mol. The second kappa shape index (κ2) is 8.61. The highest BCUT2D eigenvalue weighted by atomic mass is 32.1. The summed E-state index contributed by atoms with van der Waals surface area (Å²) in [6, 6.07) is 11.4. The van der Waals surface area contributed by atoms with Crippen LogP contribution in [0.4, 0.5) is 0 Å². The summed E-state index contributed by atoms with van der Waals surface area (Å²) in [5.41, 5.74) is 1.49. The van der Waals surface area contributed by atoms with Crippen LogP contribution in [0.15, 0.2) is 41.8 Å². The Morgan fingerprint density at radius 1 is 1.12 bits per heavy atom. The highest BCUT2D eigenvalue weighted by Crippen LogP contribution is 2.46. The van der Waals surface area contributed by atoms with Crippen LogP contribution in [-0.4, -0.2) is 60.2 Å². The molecule has 0 N–H and O–H groups in total. The van der Waals surface area contributed by atoms with Crippen molar-refractivity contribution in [2.24, 2.45) is 5.92 Å². The van der Waals surface area contributed by atoms with Crippen molar-refractivity contribution in [3.05, 3.63) is 57.8 Å². The number of carbonyl (C=O) groups excluding carboxylic acids is 2. The summed E-state index contributed by atoms with van der Waals surface area (Å²) in [6.45, 7) is 7.29. The van der Waals surface area contributed by atoms with E-state index in [-0.39, 0.29) is 17.9 Å². The summed E-state index contributed by atoms with van der Waals surface area (Å²) in [5.74, 6) is -0.532. The number of fused-ring (bicyclic) bond motifs is 1. The van der Waals surface area contributed by atoms with Crippen LogP contribution in [-0.2, 0) is 14.3 Å². The molecule has 2 aromatic rings. The van der Waals surface area contributed by atoms with E-state index in [0.29, 0.717) is 57.2 Å². The van der Waals surface area contributed by atoms with Crippen LogP contribution < -0.4 is 0 Å². The third-order valence-electron chi connectivity index (χ3n) is 6.75. The standard InChI is InChI=1S/C25H30N2O4S/c1-17(2)16-27-22(20-8-5-15-32-20)21(18-6-3-4-7-19(18)23(27)28)24(29)26-11-9-25(10-12-26)30-13-14-31-25/h3-8,15,17,21-22H,9-14,16H2,1-2H3/t21-,22-/m1/s1. The quantitative estimate of drug-likeness (QED) is 0.699. The lowest BCUT2D eigenvalue weighted by Gasteiger charge is -2.45. The van der Waals surface area contributed by atoms with E-state index < -0.39 is 11.7 Å². The van der Waals surface area contributed by atoms with Gasteiger partial charge in [-0.2, -0.15) is 0 Å². The van der Waals surface area contributed by atoms with E-state index >= 15 is 0 Å². The van der Waals surface area contributed by atoms with Crippen molar-refractivity contribution in [3.63, 3.8) is 0 Å².